The first kappa shape index (κ1) is 9.04. The second-order valence-electron chi connectivity index (χ2n) is 3.24. The molecule has 0 aromatic heterocycles. The molecule has 0 heterocycles. The Kier molecular flexibility index (Phi) is 3.09. The standard InChI is InChI=1S/C10H14O2/c1-8-2-4-9(5-3-8)6-7-10(11)12/h2,4-5,8H,3,6-7H2,1H3,(H,11,12). The molecule has 0 spiro atoms. The Labute approximate surface area is 72.6 Å². The highest BCUT2D eigenvalue weighted by atomic mass is 16.4. The molecule has 0 bridgehead atoms. The van der Waals surface area contributed by atoms with Gasteiger partial charge in [0.05, 0.1) is 0 Å². The molecule has 0 aliphatic heterocycles. The number of aliphatic carboxylic acids is 1. The van der Waals surface area contributed by atoms with E-state index in [-0.39, 0.29) is 6.42 Å². The first-order valence-electron chi connectivity index (χ1n) is 4.27. The van der Waals surface area contributed by atoms with Gasteiger partial charge in [-0.2, -0.15) is 0 Å². The third-order valence-electron chi connectivity index (χ3n) is 2.02. The molecule has 2 nitrogen and oxygen atoms in total. The van der Waals surface area contributed by atoms with E-state index in [2.05, 4.69) is 19.1 Å². The van der Waals surface area contributed by atoms with Crippen molar-refractivity contribution >= 4 is 5.97 Å². The summed E-state index contributed by atoms with van der Waals surface area (Å²) in [5.41, 5.74) is 1.16. The molecule has 1 aliphatic rings. The van der Waals surface area contributed by atoms with Crippen LogP contribution in [0, 0.1) is 5.92 Å². The van der Waals surface area contributed by atoms with Crippen LogP contribution in [0.4, 0.5) is 0 Å². The van der Waals surface area contributed by atoms with Crippen LogP contribution < -0.4 is 0 Å². The highest BCUT2D eigenvalue weighted by Crippen LogP contribution is 2.18. The third-order valence-corrected chi connectivity index (χ3v) is 2.02. The van der Waals surface area contributed by atoms with Gasteiger partial charge in [0, 0.05) is 6.42 Å². The number of carboxylic acid groups (broad SMARTS) is 1. The lowest BCUT2D eigenvalue weighted by Gasteiger charge is -2.10. The van der Waals surface area contributed by atoms with Crippen molar-refractivity contribution < 1.29 is 9.90 Å². The molecule has 0 saturated carbocycles. The molecule has 1 aliphatic carbocycles. The number of rotatable bonds is 3. The van der Waals surface area contributed by atoms with Gasteiger partial charge in [-0.15, -0.1) is 0 Å². The lowest BCUT2D eigenvalue weighted by atomic mass is 9.96. The predicted molar refractivity (Wildman–Crippen MR) is 47.9 cm³/mol. The van der Waals surface area contributed by atoms with Crippen molar-refractivity contribution in [1.82, 2.24) is 0 Å². The highest BCUT2D eigenvalue weighted by molar-refractivity contribution is 5.67. The van der Waals surface area contributed by atoms with Crippen LogP contribution in [0.1, 0.15) is 26.2 Å². The maximum absolute atomic E-state index is 10.3. The summed E-state index contributed by atoms with van der Waals surface area (Å²) in [5.74, 6) is -0.110. The maximum Gasteiger partial charge on any atom is 0.303 e. The van der Waals surface area contributed by atoms with Gasteiger partial charge in [-0.25, -0.2) is 0 Å². The summed E-state index contributed by atoms with van der Waals surface area (Å²) in [5, 5.41) is 8.44. The summed E-state index contributed by atoms with van der Waals surface area (Å²) >= 11 is 0. The van der Waals surface area contributed by atoms with E-state index < -0.39 is 5.97 Å². The van der Waals surface area contributed by atoms with Gasteiger partial charge in [0.1, 0.15) is 0 Å². The van der Waals surface area contributed by atoms with Crippen LogP contribution in [0.3, 0.4) is 0 Å². The summed E-state index contributed by atoms with van der Waals surface area (Å²) in [4.78, 5) is 10.3. The topological polar surface area (TPSA) is 37.3 Å². The molecule has 1 N–H and O–H groups in total. The van der Waals surface area contributed by atoms with E-state index in [4.69, 9.17) is 5.11 Å². The first-order valence-corrected chi connectivity index (χ1v) is 4.27. The third kappa shape index (κ3) is 2.91. The summed E-state index contributed by atoms with van der Waals surface area (Å²) < 4.78 is 0. The minimum Gasteiger partial charge on any atom is -0.481 e. The number of carboxylic acids is 1. The molecule has 66 valence electrons. The molecule has 12 heavy (non-hydrogen) atoms. The molecule has 0 fully saturated rings. The smallest absolute Gasteiger partial charge is 0.303 e. The largest absolute Gasteiger partial charge is 0.481 e. The molecule has 1 unspecified atom stereocenters. The molecule has 0 amide bonds. The molecule has 1 rings (SSSR count). The Morgan fingerprint density at radius 2 is 2.50 bits per heavy atom. The van der Waals surface area contributed by atoms with Crippen molar-refractivity contribution in [2.75, 3.05) is 0 Å². The fourth-order valence-electron chi connectivity index (χ4n) is 1.21. The normalized spacial score (nSPS) is 22.1. The summed E-state index contributed by atoms with van der Waals surface area (Å²) in [6.07, 6.45) is 8.26. The zero-order valence-corrected chi connectivity index (χ0v) is 7.29. The van der Waals surface area contributed by atoms with Gasteiger partial charge in [0.15, 0.2) is 0 Å². The van der Waals surface area contributed by atoms with Crippen molar-refractivity contribution in [3.63, 3.8) is 0 Å². The van der Waals surface area contributed by atoms with Crippen LogP contribution >= 0.6 is 0 Å². The predicted octanol–water partition coefficient (Wildman–Crippen LogP) is 2.37. The van der Waals surface area contributed by atoms with Crippen molar-refractivity contribution in [3.05, 3.63) is 23.8 Å². The van der Waals surface area contributed by atoms with Gasteiger partial charge in [-0.05, 0) is 18.8 Å². The van der Waals surface area contributed by atoms with Crippen LogP contribution in [0.2, 0.25) is 0 Å². The first-order chi connectivity index (χ1) is 5.68. The van der Waals surface area contributed by atoms with Crippen molar-refractivity contribution in [3.8, 4) is 0 Å². The Balaban J connectivity index is 2.35. The molecule has 2 heteroatoms. The molecular weight excluding hydrogens is 152 g/mol. The van der Waals surface area contributed by atoms with E-state index in [1.54, 1.807) is 0 Å². The molecule has 0 saturated heterocycles. The molecular formula is C10H14O2. The Morgan fingerprint density at radius 1 is 1.75 bits per heavy atom. The van der Waals surface area contributed by atoms with E-state index in [1.807, 2.05) is 6.08 Å². The molecule has 0 aromatic carbocycles. The zero-order chi connectivity index (χ0) is 8.97. The summed E-state index contributed by atoms with van der Waals surface area (Å²) in [6.45, 7) is 2.15. The zero-order valence-electron chi connectivity index (χ0n) is 7.29. The molecule has 0 aromatic rings. The van der Waals surface area contributed by atoms with Crippen molar-refractivity contribution in [2.24, 2.45) is 5.92 Å². The SMILES string of the molecule is CC1C=CC(CCC(=O)O)=CC1. The van der Waals surface area contributed by atoms with Crippen LogP contribution in [0.15, 0.2) is 23.8 Å². The van der Waals surface area contributed by atoms with Crippen LogP contribution in [-0.4, -0.2) is 11.1 Å². The van der Waals surface area contributed by atoms with Crippen molar-refractivity contribution in [2.45, 2.75) is 26.2 Å². The van der Waals surface area contributed by atoms with E-state index in [9.17, 15) is 4.79 Å². The number of allylic oxidation sites excluding steroid dienone is 4. The number of hydrogen-bond acceptors (Lipinski definition) is 1. The van der Waals surface area contributed by atoms with E-state index in [1.165, 1.54) is 0 Å². The summed E-state index contributed by atoms with van der Waals surface area (Å²) in [7, 11) is 0. The van der Waals surface area contributed by atoms with E-state index in [0.717, 1.165) is 12.0 Å². The summed E-state index contributed by atoms with van der Waals surface area (Å²) in [6, 6.07) is 0. The van der Waals surface area contributed by atoms with Gasteiger partial charge >= 0.3 is 5.97 Å². The van der Waals surface area contributed by atoms with Gasteiger partial charge < -0.3 is 5.11 Å². The van der Waals surface area contributed by atoms with E-state index in [0.29, 0.717) is 12.3 Å². The van der Waals surface area contributed by atoms with Crippen LogP contribution in [0.5, 0.6) is 0 Å². The molecule has 0 radical (unpaired) electrons. The molecule has 1 atom stereocenters. The Morgan fingerprint density at radius 3 is 3.00 bits per heavy atom. The van der Waals surface area contributed by atoms with Gasteiger partial charge in [0.2, 0.25) is 0 Å². The lowest BCUT2D eigenvalue weighted by molar-refractivity contribution is -0.136. The number of carbonyl (C=O) groups is 1. The lowest BCUT2D eigenvalue weighted by Crippen LogP contribution is -1.98. The average Bonchev–Trinajstić information content (AvgIpc) is 2.03. The van der Waals surface area contributed by atoms with Crippen molar-refractivity contribution in [1.29, 1.82) is 0 Å². The average molecular weight is 166 g/mol. The Bertz CT molecular complexity index is 226. The van der Waals surface area contributed by atoms with Crippen LogP contribution in [-0.2, 0) is 4.79 Å². The van der Waals surface area contributed by atoms with Crippen LogP contribution in [0.25, 0.3) is 0 Å². The minimum absolute atomic E-state index is 0.241. The Hall–Kier alpha value is -1.05. The number of hydrogen-bond donors (Lipinski definition) is 1. The monoisotopic (exact) mass is 166 g/mol. The fourth-order valence-corrected chi connectivity index (χ4v) is 1.21. The second kappa shape index (κ2) is 4.10. The van der Waals surface area contributed by atoms with E-state index >= 15 is 0 Å². The fraction of sp³-hybridized carbons (Fsp3) is 0.500. The highest BCUT2D eigenvalue weighted by Gasteiger charge is 2.04. The van der Waals surface area contributed by atoms with Gasteiger partial charge in [-0.1, -0.05) is 30.7 Å². The quantitative estimate of drug-likeness (QED) is 0.698. The van der Waals surface area contributed by atoms with Gasteiger partial charge in [0.25, 0.3) is 0 Å². The van der Waals surface area contributed by atoms with Gasteiger partial charge in [-0.3, -0.25) is 4.79 Å². The second-order valence-corrected chi connectivity index (χ2v) is 3.24. The maximum atomic E-state index is 10.3. The minimum atomic E-state index is -0.720.